The topological polar surface area (TPSA) is 55.4 Å². The molecule has 0 amide bonds. The van der Waals surface area contributed by atoms with Crippen LogP contribution in [0.25, 0.3) is 0 Å². The van der Waals surface area contributed by atoms with Gasteiger partial charge in [-0.25, -0.2) is 0 Å². The zero-order valence-electron chi connectivity index (χ0n) is 13.2. The van der Waals surface area contributed by atoms with Crippen molar-refractivity contribution in [3.05, 3.63) is 52.9 Å². The molecule has 116 valence electrons. The third-order valence-electron chi connectivity index (χ3n) is 3.71. The number of carbonyl (C=O) groups excluding carboxylic acids is 2. The second kappa shape index (κ2) is 7.07. The van der Waals surface area contributed by atoms with E-state index in [1.165, 1.54) is 18.7 Å². The lowest BCUT2D eigenvalue weighted by Gasteiger charge is -2.17. The second-order valence-corrected chi connectivity index (χ2v) is 5.33. The number of hydrogen-bond donors (Lipinski definition) is 1. The van der Waals surface area contributed by atoms with Gasteiger partial charge in [0, 0.05) is 17.3 Å². The highest BCUT2D eigenvalue weighted by Gasteiger charge is 2.26. The smallest absolute Gasteiger partial charge is 0.225 e. The molecule has 0 aromatic heterocycles. The molecule has 0 fully saturated rings. The molecule has 22 heavy (non-hydrogen) atoms. The Bertz CT molecular complexity index is 639. The third-order valence-corrected chi connectivity index (χ3v) is 3.71. The Morgan fingerprint density at radius 1 is 1.14 bits per heavy atom. The lowest BCUT2D eigenvalue weighted by atomic mass is 9.99. The molecule has 0 saturated heterocycles. The van der Waals surface area contributed by atoms with E-state index in [-0.39, 0.29) is 17.3 Å². The first-order valence-electron chi connectivity index (χ1n) is 7.48. The number of aryl methyl sites for hydroxylation is 1. The molecule has 0 aliphatic heterocycles. The summed E-state index contributed by atoms with van der Waals surface area (Å²) in [7, 11) is 1.39. The van der Waals surface area contributed by atoms with Crippen LogP contribution in [0.3, 0.4) is 0 Å². The molecule has 0 heterocycles. The van der Waals surface area contributed by atoms with E-state index in [1.807, 2.05) is 24.3 Å². The maximum Gasteiger partial charge on any atom is 0.225 e. The van der Waals surface area contributed by atoms with Crippen LogP contribution in [-0.2, 0) is 20.7 Å². The average Bonchev–Trinajstić information content (AvgIpc) is 2.54. The Hall–Kier alpha value is -2.36. The summed E-state index contributed by atoms with van der Waals surface area (Å²) in [6.45, 7) is 3.79. The largest absolute Gasteiger partial charge is 0.493 e. The Morgan fingerprint density at radius 3 is 2.41 bits per heavy atom. The molecule has 0 atom stereocenters. The van der Waals surface area contributed by atoms with Gasteiger partial charge in [0.25, 0.3) is 0 Å². The molecule has 1 aromatic carbocycles. The van der Waals surface area contributed by atoms with Gasteiger partial charge in [-0.15, -0.1) is 0 Å². The molecule has 1 aliphatic rings. The number of benzene rings is 1. The molecule has 1 N–H and O–H groups in total. The number of unbranched alkanes of at least 4 members (excludes halogenated alkanes) is 1. The quantitative estimate of drug-likeness (QED) is 0.818. The van der Waals surface area contributed by atoms with E-state index in [0.29, 0.717) is 11.3 Å². The Morgan fingerprint density at radius 2 is 1.82 bits per heavy atom. The molecule has 1 aromatic rings. The third kappa shape index (κ3) is 3.45. The fourth-order valence-corrected chi connectivity index (χ4v) is 2.33. The summed E-state index contributed by atoms with van der Waals surface area (Å²) in [6, 6.07) is 7.94. The molecule has 0 spiro atoms. The van der Waals surface area contributed by atoms with Crippen LogP contribution in [0.15, 0.2) is 47.4 Å². The van der Waals surface area contributed by atoms with Crippen molar-refractivity contribution in [1.82, 2.24) is 0 Å². The van der Waals surface area contributed by atoms with E-state index < -0.39 is 0 Å². The number of rotatable bonds is 6. The van der Waals surface area contributed by atoms with Gasteiger partial charge in [0.2, 0.25) is 11.6 Å². The first kappa shape index (κ1) is 16.0. The van der Waals surface area contributed by atoms with Crippen molar-refractivity contribution < 1.29 is 14.3 Å². The highest BCUT2D eigenvalue weighted by atomic mass is 16.5. The minimum Gasteiger partial charge on any atom is -0.493 e. The van der Waals surface area contributed by atoms with Gasteiger partial charge >= 0.3 is 0 Å². The van der Waals surface area contributed by atoms with E-state index in [9.17, 15) is 9.59 Å². The van der Waals surface area contributed by atoms with E-state index in [2.05, 4.69) is 12.2 Å². The van der Waals surface area contributed by atoms with E-state index in [1.54, 1.807) is 6.92 Å². The molecular weight excluding hydrogens is 278 g/mol. The molecule has 0 bridgehead atoms. The van der Waals surface area contributed by atoms with Gasteiger partial charge in [-0.05, 0) is 37.5 Å². The number of carbonyl (C=O) groups is 2. The van der Waals surface area contributed by atoms with Crippen LogP contribution < -0.4 is 5.32 Å². The fourth-order valence-electron chi connectivity index (χ4n) is 2.33. The van der Waals surface area contributed by atoms with Crippen LogP contribution in [0.4, 0.5) is 5.69 Å². The van der Waals surface area contributed by atoms with Gasteiger partial charge in [-0.1, -0.05) is 25.5 Å². The number of allylic oxidation sites excluding steroid dienone is 2. The zero-order valence-corrected chi connectivity index (χ0v) is 13.2. The predicted molar refractivity (Wildman–Crippen MR) is 86.5 cm³/mol. The van der Waals surface area contributed by atoms with Crippen molar-refractivity contribution in [2.24, 2.45) is 0 Å². The van der Waals surface area contributed by atoms with Gasteiger partial charge in [-0.3, -0.25) is 9.59 Å². The number of anilines is 1. The molecule has 0 unspecified atom stereocenters. The van der Waals surface area contributed by atoms with Gasteiger partial charge < -0.3 is 10.1 Å². The molecule has 0 radical (unpaired) electrons. The van der Waals surface area contributed by atoms with Gasteiger partial charge in [0.15, 0.2) is 5.76 Å². The molecule has 2 rings (SSSR count). The van der Waals surface area contributed by atoms with Crippen molar-refractivity contribution in [2.45, 2.75) is 33.1 Å². The van der Waals surface area contributed by atoms with Crippen LogP contribution in [0.2, 0.25) is 0 Å². The molecule has 4 nitrogen and oxygen atoms in total. The number of ketones is 2. The molecule has 4 heteroatoms. The molecule has 0 saturated carbocycles. The van der Waals surface area contributed by atoms with Gasteiger partial charge in [0.05, 0.1) is 12.8 Å². The molecular formula is C18H21NO3. The van der Waals surface area contributed by atoms with Crippen LogP contribution >= 0.6 is 0 Å². The summed E-state index contributed by atoms with van der Waals surface area (Å²) in [5, 5.41) is 3.05. The van der Waals surface area contributed by atoms with Gasteiger partial charge in [-0.2, -0.15) is 0 Å². The average molecular weight is 299 g/mol. The maximum absolute atomic E-state index is 12.1. The minimum absolute atomic E-state index is 0.0861. The molecule has 1 aliphatic carbocycles. The summed E-state index contributed by atoms with van der Waals surface area (Å²) in [4.78, 5) is 24.1. The monoisotopic (exact) mass is 299 g/mol. The van der Waals surface area contributed by atoms with Crippen molar-refractivity contribution in [1.29, 1.82) is 0 Å². The van der Waals surface area contributed by atoms with Crippen molar-refractivity contribution in [3.8, 4) is 0 Å². The standard InChI is InChI=1S/C18H21NO3/c1-4-5-6-13-7-9-14(10-8-13)19-17-12(2)18(21)16(22-3)11-15(17)20/h7-11,19H,4-6H2,1-3H3. The van der Waals surface area contributed by atoms with Crippen molar-refractivity contribution >= 4 is 17.3 Å². The lowest BCUT2D eigenvalue weighted by molar-refractivity contribution is -0.118. The first-order chi connectivity index (χ1) is 10.6. The van der Waals surface area contributed by atoms with E-state index in [4.69, 9.17) is 4.74 Å². The van der Waals surface area contributed by atoms with Crippen LogP contribution in [0, 0.1) is 0 Å². The summed E-state index contributed by atoms with van der Waals surface area (Å²) >= 11 is 0. The first-order valence-corrected chi connectivity index (χ1v) is 7.48. The van der Waals surface area contributed by atoms with Crippen LogP contribution in [0.1, 0.15) is 32.3 Å². The van der Waals surface area contributed by atoms with Crippen molar-refractivity contribution in [2.75, 3.05) is 12.4 Å². The number of Topliss-reactive ketones (excluding diaryl/α,β-unsaturated/α-hetero) is 1. The highest BCUT2D eigenvalue weighted by Crippen LogP contribution is 2.22. The summed E-state index contributed by atoms with van der Waals surface area (Å²) in [6.07, 6.45) is 4.61. The summed E-state index contributed by atoms with van der Waals surface area (Å²) in [5.41, 5.74) is 2.75. The maximum atomic E-state index is 12.1. The minimum atomic E-state index is -0.260. The van der Waals surface area contributed by atoms with Gasteiger partial charge in [0.1, 0.15) is 0 Å². The Kier molecular flexibility index (Phi) is 5.15. The second-order valence-electron chi connectivity index (χ2n) is 5.33. The summed E-state index contributed by atoms with van der Waals surface area (Å²) < 4.78 is 4.92. The number of hydrogen-bond acceptors (Lipinski definition) is 4. The number of ether oxygens (including phenoxy) is 1. The fraction of sp³-hybridized carbons (Fsp3) is 0.333. The zero-order chi connectivity index (χ0) is 16.1. The Balaban J connectivity index is 2.15. The van der Waals surface area contributed by atoms with E-state index in [0.717, 1.165) is 24.9 Å². The summed E-state index contributed by atoms with van der Waals surface area (Å²) in [5.74, 6) is -0.420. The van der Waals surface area contributed by atoms with Crippen molar-refractivity contribution in [3.63, 3.8) is 0 Å². The lowest BCUT2D eigenvalue weighted by Crippen LogP contribution is -2.23. The number of methoxy groups -OCH3 is 1. The van der Waals surface area contributed by atoms with Crippen LogP contribution in [0.5, 0.6) is 0 Å². The number of nitrogens with one attached hydrogen (secondary N) is 1. The Labute approximate surface area is 130 Å². The van der Waals surface area contributed by atoms with Crippen LogP contribution in [-0.4, -0.2) is 18.7 Å². The normalized spacial score (nSPS) is 15.0. The highest BCUT2D eigenvalue weighted by molar-refractivity contribution is 6.22. The predicted octanol–water partition coefficient (Wildman–Crippen LogP) is 3.40. The SMILES string of the molecule is CCCCc1ccc(NC2=C(C)C(=O)C(OC)=CC2=O)cc1. The van der Waals surface area contributed by atoms with E-state index >= 15 is 0 Å².